The Labute approximate surface area is 453 Å². The first-order valence-corrected chi connectivity index (χ1v) is 20.2. The summed E-state index contributed by atoms with van der Waals surface area (Å²) in [5.74, 6) is -9.59. The Kier molecular flexibility index (Phi) is 25.7. The first-order chi connectivity index (χ1) is 34.4. The summed E-state index contributed by atoms with van der Waals surface area (Å²) in [6.45, 7) is 0. The number of carboxylic acids is 6. The minimum absolute atomic E-state index is 0. The minimum atomic E-state index is -1.76. The van der Waals surface area contributed by atoms with Gasteiger partial charge in [0.15, 0.2) is 0 Å². The summed E-state index contributed by atoms with van der Waals surface area (Å²) in [5, 5.41) is 84.0. The molecule has 4 heterocycles. The van der Waals surface area contributed by atoms with Gasteiger partial charge in [-0.05, 0) is 107 Å². The van der Waals surface area contributed by atoms with Crippen molar-refractivity contribution in [1.82, 2.24) is 19.9 Å². The van der Waals surface area contributed by atoms with Crippen LogP contribution in [0.1, 0.15) is 62.1 Å². The van der Waals surface area contributed by atoms with Crippen LogP contribution in [0.2, 0.25) is 0 Å². The van der Waals surface area contributed by atoms with Gasteiger partial charge in [-0.1, -0.05) is 48.5 Å². The molecule has 0 bridgehead atoms. The van der Waals surface area contributed by atoms with Crippen molar-refractivity contribution in [3.8, 4) is 45.0 Å². The normalized spacial score (nSPS) is 9.47. The molecule has 0 radical (unpaired) electrons. The maximum atomic E-state index is 11.2. The van der Waals surface area contributed by atoms with Crippen molar-refractivity contribution in [3.63, 3.8) is 0 Å². The summed E-state index contributed by atoms with van der Waals surface area (Å²) in [7, 11) is 0. The van der Waals surface area contributed by atoms with Gasteiger partial charge in [0.2, 0.25) is 0 Å². The number of nitro groups is 2. The number of carboxylic acid groups (broad SMARTS) is 6. The third-order valence-corrected chi connectivity index (χ3v) is 9.61. The van der Waals surface area contributed by atoms with Gasteiger partial charge >= 0.3 is 50.9 Å². The van der Waals surface area contributed by atoms with Crippen molar-refractivity contribution in [1.29, 1.82) is 0 Å². The molecule has 76 heavy (non-hydrogen) atoms. The summed E-state index contributed by atoms with van der Waals surface area (Å²) in [4.78, 5) is 103. The van der Waals surface area contributed by atoms with Crippen LogP contribution in [0.4, 0.5) is 11.4 Å². The molecule has 26 heteroatoms. The number of carbonyl (C=O) groups excluding carboxylic acids is 4. The van der Waals surface area contributed by atoms with Gasteiger partial charge in [-0.15, -0.1) is 0 Å². The number of hydrogen-bond acceptors (Lipinski definition) is 18. The van der Waals surface area contributed by atoms with E-state index < -0.39 is 79.3 Å². The van der Waals surface area contributed by atoms with Crippen molar-refractivity contribution < 1.29 is 119 Å². The molecule has 0 aliphatic carbocycles. The molecule has 0 saturated heterocycles. The second-order valence-electron chi connectivity index (χ2n) is 14.1. The van der Waals surface area contributed by atoms with Crippen molar-refractivity contribution in [2.75, 3.05) is 0 Å². The van der Waals surface area contributed by atoms with Crippen LogP contribution in [-0.2, 0) is 39.0 Å². The molecule has 0 amide bonds. The van der Waals surface area contributed by atoms with Crippen molar-refractivity contribution in [2.45, 2.75) is 0 Å². The summed E-state index contributed by atoms with van der Waals surface area (Å²) >= 11 is 0. The average Bonchev–Trinajstić information content (AvgIpc) is 3.39. The Morgan fingerprint density at radius 3 is 0.868 bits per heavy atom. The van der Waals surface area contributed by atoms with E-state index in [1.165, 1.54) is 0 Å². The van der Waals surface area contributed by atoms with Crippen molar-refractivity contribution >= 4 is 47.2 Å². The third kappa shape index (κ3) is 17.2. The Hall–Kier alpha value is -9.73. The predicted octanol–water partition coefficient (Wildman–Crippen LogP) is 2.01. The summed E-state index contributed by atoms with van der Waals surface area (Å²) in [6, 6.07) is 35.3. The number of carbonyl (C=O) groups is 6. The van der Waals surface area contributed by atoms with Crippen LogP contribution in [0.15, 0.2) is 170 Å². The number of benzene rings is 4. The van der Waals surface area contributed by atoms with Crippen LogP contribution in [-0.4, -0.2) is 86.8 Å². The zero-order chi connectivity index (χ0) is 52.5. The predicted molar refractivity (Wildman–Crippen MR) is 250 cm³/mol. The zero-order valence-electron chi connectivity index (χ0n) is 38.9. The number of nitro benzene ring substituents is 2. The molecule has 8 aromatic rings. The molecule has 0 fully saturated rings. The van der Waals surface area contributed by atoms with E-state index in [-0.39, 0.29) is 83.3 Å². The van der Waals surface area contributed by atoms with E-state index in [4.69, 9.17) is 10.2 Å². The van der Waals surface area contributed by atoms with E-state index in [2.05, 4.69) is 19.9 Å². The molecule has 6 N–H and O–H groups in total. The van der Waals surface area contributed by atoms with Gasteiger partial charge in [0.05, 0.1) is 78.8 Å². The van der Waals surface area contributed by atoms with E-state index in [1.54, 1.807) is 24.8 Å². The van der Waals surface area contributed by atoms with Gasteiger partial charge in [0.25, 0.3) is 11.4 Å². The largest absolute Gasteiger partial charge is 2.00 e. The summed E-state index contributed by atoms with van der Waals surface area (Å²) < 4.78 is 0. The van der Waals surface area contributed by atoms with Gasteiger partial charge in [-0.2, -0.15) is 0 Å². The molecule has 0 unspecified atom stereocenters. The molecule has 376 valence electrons. The molecular weight excluding hydrogens is 1100 g/mol. The molecular formula is C50H34N6O18Zn2. The minimum Gasteiger partial charge on any atom is -0.545 e. The quantitative estimate of drug-likeness (QED) is 0.100. The van der Waals surface area contributed by atoms with Crippen LogP contribution >= 0.6 is 0 Å². The molecule has 0 aliphatic rings. The van der Waals surface area contributed by atoms with Crippen LogP contribution in [0.25, 0.3) is 45.0 Å². The summed E-state index contributed by atoms with van der Waals surface area (Å²) in [5.41, 5.74) is -0.896. The Morgan fingerprint density at radius 1 is 0.382 bits per heavy atom. The molecule has 0 spiro atoms. The first-order valence-electron chi connectivity index (χ1n) is 20.2. The maximum Gasteiger partial charge on any atom is 2.00 e. The van der Waals surface area contributed by atoms with E-state index in [9.17, 15) is 69.4 Å². The molecule has 4 aromatic carbocycles. The van der Waals surface area contributed by atoms with Crippen LogP contribution in [0.5, 0.6) is 0 Å². The molecule has 0 aliphatic heterocycles. The van der Waals surface area contributed by atoms with E-state index >= 15 is 0 Å². The average molecular weight is 1140 g/mol. The Morgan fingerprint density at radius 2 is 0.658 bits per heavy atom. The smallest absolute Gasteiger partial charge is 0.545 e. The van der Waals surface area contributed by atoms with E-state index in [1.807, 2.05) is 72.8 Å². The fraction of sp³-hybridized carbons (Fsp3) is 0. The number of aromatic nitrogens is 4. The molecule has 0 saturated carbocycles. The molecule has 0 atom stereocenters. The Bertz CT molecular complexity index is 3050. The van der Waals surface area contributed by atoms with Crippen LogP contribution in [0.3, 0.4) is 0 Å². The first kappa shape index (κ1) is 64.3. The van der Waals surface area contributed by atoms with Gasteiger partial charge in [0, 0.05) is 48.0 Å². The molecule has 24 nitrogen and oxygen atoms in total. The van der Waals surface area contributed by atoms with E-state index in [0.717, 1.165) is 95.6 Å². The number of nitrogens with zero attached hydrogens (tertiary/aromatic N) is 6. The Balaban J connectivity index is 0.000000520. The van der Waals surface area contributed by atoms with Crippen LogP contribution in [0, 0.1) is 20.2 Å². The fourth-order valence-electron chi connectivity index (χ4n) is 6.30. The SMILES string of the molecule is O.O.O=C(O)c1ccc(-c2ccc(C(=O)[O-])c([N+](=O)[O-])c2)c(C(=O)[O-])c1.O=C(O)c1ccc(-c2ccc(C(=O)[O-])c([N+](=O)[O-])c2)c(C(=O)[O-])c1.[Zn+2].[Zn+2].c1ccc(-c2ccccn2)nc1.c1ccc(-c2ccccn2)nc1. The number of aromatic carboxylic acids is 6. The number of pyridine rings is 4. The maximum absolute atomic E-state index is 11.2. The second-order valence-corrected chi connectivity index (χ2v) is 14.1. The van der Waals surface area contributed by atoms with Gasteiger partial charge in [0.1, 0.15) is 0 Å². The number of rotatable bonds is 12. The molecule has 4 aromatic heterocycles. The molecule has 8 rings (SSSR count). The van der Waals surface area contributed by atoms with Gasteiger partial charge in [-0.3, -0.25) is 40.2 Å². The number of hydrogen-bond donors (Lipinski definition) is 2. The third-order valence-electron chi connectivity index (χ3n) is 9.61. The zero-order valence-corrected chi connectivity index (χ0v) is 44.8. The van der Waals surface area contributed by atoms with Crippen molar-refractivity contribution in [3.05, 3.63) is 224 Å². The second kappa shape index (κ2) is 30.3. The van der Waals surface area contributed by atoms with Crippen LogP contribution < -0.4 is 20.4 Å². The summed E-state index contributed by atoms with van der Waals surface area (Å²) in [6.07, 6.45) is 7.07. The van der Waals surface area contributed by atoms with Gasteiger partial charge in [-0.25, -0.2) is 9.59 Å². The monoisotopic (exact) mass is 1130 g/mol. The standard InChI is InChI=1S/2C15H9NO8.2C10H8N2.2H2O.2Zn/c2*17-13(18)8-2-3-9(11(5-8)15(21)22)7-1-4-10(14(19)20)12(6-7)16(23)24;2*1-3-7-11-9(5-1)10-6-2-4-8-12-10;;;;/h2*1-6H,(H,17,18)(H,19,20)(H,21,22);2*1-8H;2*1H2;;/q;;;;;;2*+2/p-4. The topological polar surface area (TPSA) is 436 Å². The van der Waals surface area contributed by atoms with E-state index in [0.29, 0.717) is 0 Å². The fourth-order valence-corrected chi connectivity index (χ4v) is 6.30. The van der Waals surface area contributed by atoms with Gasteiger partial charge < -0.3 is 60.8 Å². The van der Waals surface area contributed by atoms with Crippen molar-refractivity contribution in [2.24, 2.45) is 0 Å².